The van der Waals surface area contributed by atoms with Crippen molar-refractivity contribution in [3.63, 3.8) is 0 Å². The Balaban J connectivity index is 1.15. The summed E-state index contributed by atoms with van der Waals surface area (Å²) in [6.45, 7) is 6.91. The lowest BCUT2D eigenvalue weighted by Gasteiger charge is -2.27. The third-order valence-corrected chi connectivity index (χ3v) is 11.5. The number of aromatic nitrogens is 1. The van der Waals surface area contributed by atoms with Crippen LogP contribution in [0.25, 0.3) is 60.5 Å². The Morgan fingerprint density at radius 3 is 2.09 bits per heavy atom. The lowest BCUT2D eigenvalue weighted by atomic mass is 9.82. The van der Waals surface area contributed by atoms with E-state index in [-0.39, 0.29) is 5.41 Å². The third-order valence-electron chi connectivity index (χ3n) is 11.5. The molecule has 0 saturated carbocycles. The first-order valence-corrected chi connectivity index (χ1v) is 18.6. The molecule has 1 aromatic heterocycles. The maximum Gasteiger partial charge on any atom is 0.0992 e. The van der Waals surface area contributed by atoms with E-state index in [1.54, 1.807) is 0 Å². The number of para-hydroxylation sites is 1. The monoisotopic (exact) mass is 691 g/mol. The van der Waals surface area contributed by atoms with Crippen molar-refractivity contribution in [1.29, 1.82) is 5.26 Å². The molecule has 3 nitrogen and oxygen atoms in total. The van der Waals surface area contributed by atoms with Crippen molar-refractivity contribution in [2.24, 2.45) is 0 Å². The van der Waals surface area contributed by atoms with Crippen LogP contribution in [0, 0.1) is 18.3 Å². The number of fused-ring (bicyclic) bond motifs is 7. The Morgan fingerprint density at radius 2 is 1.26 bits per heavy atom. The summed E-state index contributed by atoms with van der Waals surface area (Å²) >= 11 is 0. The summed E-state index contributed by atoms with van der Waals surface area (Å²) in [6, 6.07) is 63.3. The van der Waals surface area contributed by atoms with Gasteiger partial charge in [0.25, 0.3) is 0 Å². The Morgan fingerprint density at radius 1 is 0.556 bits per heavy atom. The molecule has 0 unspecified atom stereocenters. The van der Waals surface area contributed by atoms with Crippen LogP contribution in [0.2, 0.25) is 0 Å². The molecule has 10 rings (SSSR count). The summed E-state index contributed by atoms with van der Waals surface area (Å²) in [5, 5.41) is 14.7. The first-order valence-electron chi connectivity index (χ1n) is 18.6. The van der Waals surface area contributed by atoms with Crippen LogP contribution < -0.4 is 4.90 Å². The average molecular weight is 692 g/mol. The summed E-state index contributed by atoms with van der Waals surface area (Å²) in [5.41, 5.74) is 16.1. The highest BCUT2D eigenvalue weighted by Gasteiger charge is 2.37. The van der Waals surface area contributed by atoms with Gasteiger partial charge in [-0.2, -0.15) is 5.26 Å². The number of benzene rings is 8. The molecule has 1 aliphatic rings. The van der Waals surface area contributed by atoms with Crippen LogP contribution in [-0.4, -0.2) is 4.57 Å². The number of nitrogens with zero attached hydrogens (tertiary/aromatic N) is 3. The van der Waals surface area contributed by atoms with E-state index >= 15 is 0 Å². The molecule has 0 amide bonds. The molecule has 1 heterocycles. The van der Waals surface area contributed by atoms with Crippen LogP contribution in [0.5, 0.6) is 0 Å². The van der Waals surface area contributed by atoms with Crippen LogP contribution in [0.15, 0.2) is 170 Å². The van der Waals surface area contributed by atoms with Crippen molar-refractivity contribution >= 4 is 49.6 Å². The minimum Gasteiger partial charge on any atom is -0.310 e. The second-order valence-corrected chi connectivity index (χ2v) is 15.0. The minimum absolute atomic E-state index is 0.132. The molecule has 3 heteroatoms. The summed E-state index contributed by atoms with van der Waals surface area (Å²) in [4.78, 5) is 2.35. The summed E-state index contributed by atoms with van der Waals surface area (Å²) in [6.07, 6.45) is 0. The zero-order valence-electron chi connectivity index (χ0n) is 30.5. The lowest BCUT2D eigenvalue weighted by molar-refractivity contribution is 0.660. The first kappa shape index (κ1) is 31.8. The van der Waals surface area contributed by atoms with E-state index in [9.17, 15) is 5.26 Å². The number of hydrogen-bond donors (Lipinski definition) is 0. The van der Waals surface area contributed by atoms with Gasteiger partial charge in [0.2, 0.25) is 0 Å². The van der Waals surface area contributed by atoms with Gasteiger partial charge in [0, 0.05) is 38.6 Å². The second kappa shape index (κ2) is 12.1. The van der Waals surface area contributed by atoms with Crippen molar-refractivity contribution in [2.45, 2.75) is 26.2 Å². The highest BCUT2D eigenvalue weighted by molar-refractivity contribution is 6.13. The molecule has 0 N–H and O–H groups in total. The van der Waals surface area contributed by atoms with Crippen molar-refractivity contribution in [3.8, 4) is 34.0 Å². The number of nitriles is 1. The summed E-state index contributed by atoms with van der Waals surface area (Å²) in [7, 11) is 0. The highest BCUT2D eigenvalue weighted by Crippen LogP contribution is 2.52. The normalized spacial score (nSPS) is 12.9. The first-order chi connectivity index (χ1) is 26.4. The quantitative estimate of drug-likeness (QED) is 0.180. The van der Waals surface area contributed by atoms with E-state index in [0.717, 1.165) is 44.9 Å². The third kappa shape index (κ3) is 4.81. The van der Waals surface area contributed by atoms with Gasteiger partial charge >= 0.3 is 0 Å². The largest absolute Gasteiger partial charge is 0.310 e. The minimum atomic E-state index is -0.132. The van der Waals surface area contributed by atoms with Crippen LogP contribution >= 0.6 is 0 Å². The Kier molecular flexibility index (Phi) is 7.12. The fourth-order valence-corrected chi connectivity index (χ4v) is 8.86. The standard InChI is InChI=1S/C51H37N3/c1-33-12-9-20-45-50(33)44-30-43-42-29-37(24-27-48(42)54(40-18-10-13-34(28-40)32-52)49(43)31-46(44)51(45,2)3)35-22-25-39(26-23-35)53(38-16-5-4-6-17-38)47-21-11-15-36-14-7-8-19-41(36)47/h4-31H,1-3H3. The van der Waals surface area contributed by atoms with E-state index < -0.39 is 0 Å². The molecule has 9 aromatic rings. The lowest BCUT2D eigenvalue weighted by Crippen LogP contribution is -2.15. The van der Waals surface area contributed by atoms with Crippen molar-refractivity contribution in [1.82, 2.24) is 4.57 Å². The molecule has 8 aromatic carbocycles. The fourth-order valence-electron chi connectivity index (χ4n) is 8.86. The molecule has 0 radical (unpaired) electrons. The van der Waals surface area contributed by atoms with Crippen LogP contribution in [0.1, 0.15) is 36.1 Å². The maximum absolute atomic E-state index is 9.84. The number of rotatable bonds is 5. The summed E-state index contributed by atoms with van der Waals surface area (Å²) < 4.78 is 2.34. The van der Waals surface area contributed by atoms with Gasteiger partial charge in [0.05, 0.1) is 28.4 Å². The van der Waals surface area contributed by atoms with Crippen molar-refractivity contribution in [2.75, 3.05) is 4.90 Å². The zero-order chi connectivity index (χ0) is 36.6. The topological polar surface area (TPSA) is 32.0 Å². The predicted molar refractivity (Wildman–Crippen MR) is 225 cm³/mol. The number of hydrogen-bond acceptors (Lipinski definition) is 2. The van der Waals surface area contributed by atoms with Gasteiger partial charge in [-0.25, -0.2) is 0 Å². The van der Waals surface area contributed by atoms with E-state index in [0.29, 0.717) is 5.56 Å². The summed E-state index contributed by atoms with van der Waals surface area (Å²) in [5.74, 6) is 0. The van der Waals surface area contributed by atoms with E-state index in [1.165, 1.54) is 49.4 Å². The Hall–Kier alpha value is -6.89. The van der Waals surface area contributed by atoms with Crippen LogP contribution in [0.3, 0.4) is 0 Å². The Bertz CT molecular complexity index is 2970. The van der Waals surface area contributed by atoms with Crippen molar-refractivity contribution in [3.05, 3.63) is 192 Å². The molecule has 0 atom stereocenters. The molecule has 54 heavy (non-hydrogen) atoms. The molecule has 256 valence electrons. The van der Waals surface area contributed by atoms with E-state index in [1.807, 2.05) is 18.2 Å². The maximum atomic E-state index is 9.84. The highest BCUT2D eigenvalue weighted by atomic mass is 15.1. The zero-order valence-corrected chi connectivity index (χ0v) is 30.5. The molecule has 0 fully saturated rings. The molecule has 0 saturated heterocycles. The van der Waals surface area contributed by atoms with Gasteiger partial charge in [-0.3, -0.25) is 0 Å². The van der Waals surface area contributed by atoms with Gasteiger partial charge < -0.3 is 9.47 Å². The van der Waals surface area contributed by atoms with E-state index in [4.69, 9.17) is 0 Å². The van der Waals surface area contributed by atoms with Gasteiger partial charge in [-0.05, 0) is 124 Å². The van der Waals surface area contributed by atoms with Crippen LogP contribution in [-0.2, 0) is 5.41 Å². The second-order valence-electron chi connectivity index (χ2n) is 15.0. The van der Waals surface area contributed by atoms with Gasteiger partial charge in [-0.1, -0.05) is 111 Å². The Labute approximate surface area is 315 Å². The van der Waals surface area contributed by atoms with Gasteiger partial charge in [0.1, 0.15) is 0 Å². The molecule has 0 bridgehead atoms. The number of anilines is 3. The molecular weight excluding hydrogens is 655 g/mol. The van der Waals surface area contributed by atoms with Gasteiger partial charge in [-0.15, -0.1) is 0 Å². The number of aryl methyl sites for hydroxylation is 1. The molecule has 0 aliphatic heterocycles. The molecule has 0 spiro atoms. The fraction of sp³-hybridized carbons (Fsp3) is 0.0784. The molecular formula is C51H37N3. The smallest absolute Gasteiger partial charge is 0.0992 e. The SMILES string of the molecule is Cc1cccc2c1-c1cc3c4cc(-c5ccc(N(c6ccccc6)c6cccc7ccccc67)cc5)ccc4n(-c4cccc(C#N)c4)c3cc1C2(C)C. The predicted octanol–water partition coefficient (Wildman–Crippen LogP) is 13.6. The van der Waals surface area contributed by atoms with Gasteiger partial charge in [0.15, 0.2) is 0 Å². The average Bonchev–Trinajstić information content (AvgIpc) is 3.65. The molecule has 1 aliphatic carbocycles. The van der Waals surface area contributed by atoms with E-state index in [2.05, 4.69) is 188 Å². The van der Waals surface area contributed by atoms with Crippen molar-refractivity contribution < 1.29 is 0 Å². The van der Waals surface area contributed by atoms with Crippen LogP contribution in [0.4, 0.5) is 17.1 Å².